The lowest BCUT2D eigenvalue weighted by Crippen LogP contribution is -2.50. The maximum atomic E-state index is 13.2. The van der Waals surface area contributed by atoms with Gasteiger partial charge in [0.05, 0.1) is 6.42 Å². The van der Waals surface area contributed by atoms with Gasteiger partial charge in [-0.15, -0.1) is 0 Å². The first-order valence-electron chi connectivity index (χ1n) is 10.6. The number of nitrogens with one attached hydrogen (secondary N) is 1. The normalized spacial score (nSPS) is 15.1. The number of carbonyl (C=O) groups excluding carboxylic acids is 2. The van der Waals surface area contributed by atoms with Gasteiger partial charge in [0, 0.05) is 12.6 Å². The second kappa shape index (κ2) is 9.73. The summed E-state index contributed by atoms with van der Waals surface area (Å²) < 4.78 is 0. The van der Waals surface area contributed by atoms with Crippen LogP contribution < -0.4 is 5.32 Å². The van der Waals surface area contributed by atoms with Gasteiger partial charge in [-0.1, -0.05) is 72.5 Å². The molecule has 1 N–H and O–H groups in total. The van der Waals surface area contributed by atoms with E-state index < -0.39 is 6.04 Å². The minimum Gasteiger partial charge on any atom is -0.352 e. The highest BCUT2D eigenvalue weighted by Crippen LogP contribution is 2.19. The minimum absolute atomic E-state index is 0.0237. The first-order chi connectivity index (χ1) is 13.9. The Morgan fingerprint density at radius 1 is 1.00 bits per heavy atom. The Labute approximate surface area is 174 Å². The van der Waals surface area contributed by atoms with Crippen molar-refractivity contribution in [2.45, 2.75) is 71.5 Å². The fourth-order valence-corrected chi connectivity index (χ4v) is 3.96. The first kappa shape index (κ1) is 21.1. The molecule has 154 valence electrons. The van der Waals surface area contributed by atoms with E-state index in [4.69, 9.17) is 0 Å². The summed E-state index contributed by atoms with van der Waals surface area (Å²) in [6, 6.07) is 15.9. The fourth-order valence-electron chi connectivity index (χ4n) is 3.96. The van der Waals surface area contributed by atoms with Gasteiger partial charge in [0.15, 0.2) is 0 Å². The molecule has 2 aromatic carbocycles. The summed E-state index contributed by atoms with van der Waals surface area (Å²) in [4.78, 5) is 27.8. The SMILES string of the molecule is Cc1ccc(CC(=O)N(Cc2cccc(C)c2)[C@H](C)C(=O)NC2CCCC2)cc1. The van der Waals surface area contributed by atoms with Gasteiger partial charge < -0.3 is 10.2 Å². The first-order valence-corrected chi connectivity index (χ1v) is 10.6. The summed E-state index contributed by atoms with van der Waals surface area (Å²) in [6.07, 6.45) is 4.70. The molecule has 1 aliphatic carbocycles. The lowest BCUT2D eigenvalue weighted by Gasteiger charge is -2.30. The molecule has 2 aromatic rings. The molecule has 4 nitrogen and oxygen atoms in total. The Morgan fingerprint density at radius 3 is 2.34 bits per heavy atom. The second-order valence-electron chi connectivity index (χ2n) is 8.34. The van der Waals surface area contributed by atoms with Gasteiger partial charge in [0.2, 0.25) is 11.8 Å². The predicted octanol–water partition coefficient (Wildman–Crippen LogP) is 4.32. The quantitative estimate of drug-likeness (QED) is 0.763. The standard InChI is InChI=1S/C25H32N2O2/c1-18-11-13-21(14-12-18)16-24(28)27(17-22-8-6-7-19(2)15-22)20(3)25(29)26-23-9-4-5-10-23/h6-8,11-15,20,23H,4-5,9-10,16-17H2,1-3H3,(H,26,29)/t20-/m1/s1. The molecular weight excluding hydrogens is 360 g/mol. The minimum atomic E-state index is -0.505. The smallest absolute Gasteiger partial charge is 0.242 e. The Bertz CT molecular complexity index is 838. The summed E-state index contributed by atoms with van der Waals surface area (Å²) in [5.74, 6) is -0.0776. The summed E-state index contributed by atoms with van der Waals surface area (Å²) >= 11 is 0. The molecule has 0 aromatic heterocycles. The Kier molecular flexibility index (Phi) is 7.08. The topological polar surface area (TPSA) is 49.4 Å². The van der Waals surface area contributed by atoms with Gasteiger partial charge >= 0.3 is 0 Å². The van der Waals surface area contributed by atoms with Gasteiger partial charge in [-0.2, -0.15) is 0 Å². The zero-order valence-electron chi connectivity index (χ0n) is 17.8. The van der Waals surface area contributed by atoms with E-state index in [0.29, 0.717) is 13.0 Å². The number of hydrogen-bond acceptors (Lipinski definition) is 2. The molecule has 2 amide bonds. The third-order valence-electron chi connectivity index (χ3n) is 5.78. The van der Waals surface area contributed by atoms with Crippen molar-refractivity contribution in [2.24, 2.45) is 0 Å². The molecule has 1 atom stereocenters. The van der Waals surface area contributed by atoms with Gasteiger partial charge in [-0.05, 0) is 44.7 Å². The molecule has 0 spiro atoms. The molecule has 0 radical (unpaired) electrons. The van der Waals surface area contributed by atoms with Crippen molar-refractivity contribution in [3.63, 3.8) is 0 Å². The summed E-state index contributed by atoms with van der Waals surface area (Å²) in [5.41, 5.74) is 4.33. The van der Waals surface area contributed by atoms with Crippen LogP contribution in [0, 0.1) is 13.8 Å². The van der Waals surface area contributed by atoms with Gasteiger partial charge in [-0.25, -0.2) is 0 Å². The van der Waals surface area contributed by atoms with Crippen molar-refractivity contribution in [3.05, 3.63) is 70.8 Å². The molecule has 3 rings (SSSR count). The van der Waals surface area contributed by atoms with Crippen LogP contribution in [-0.2, 0) is 22.6 Å². The summed E-state index contributed by atoms with van der Waals surface area (Å²) in [5, 5.41) is 3.15. The number of carbonyl (C=O) groups is 2. The molecule has 0 saturated heterocycles. The van der Waals surface area contributed by atoms with Gasteiger partial charge in [0.25, 0.3) is 0 Å². The van der Waals surface area contributed by atoms with Crippen LogP contribution in [0.5, 0.6) is 0 Å². The zero-order valence-corrected chi connectivity index (χ0v) is 17.8. The van der Waals surface area contributed by atoms with E-state index in [1.807, 2.05) is 63.2 Å². The van der Waals surface area contributed by atoms with E-state index in [-0.39, 0.29) is 17.9 Å². The monoisotopic (exact) mass is 392 g/mol. The molecule has 1 saturated carbocycles. The largest absolute Gasteiger partial charge is 0.352 e. The van der Waals surface area contributed by atoms with E-state index in [9.17, 15) is 9.59 Å². The third-order valence-corrected chi connectivity index (χ3v) is 5.78. The predicted molar refractivity (Wildman–Crippen MR) is 116 cm³/mol. The van der Waals surface area contributed by atoms with Crippen LogP contribution in [0.1, 0.15) is 54.9 Å². The number of aryl methyl sites for hydroxylation is 2. The van der Waals surface area contributed by atoms with Crippen molar-refractivity contribution in [1.82, 2.24) is 10.2 Å². The Balaban J connectivity index is 1.76. The average molecular weight is 393 g/mol. The highest BCUT2D eigenvalue weighted by Gasteiger charge is 2.28. The molecular formula is C25H32N2O2. The van der Waals surface area contributed by atoms with Crippen molar-refractivity contribution < 1.29 is 9.59 Å². The number of benzene rings is 2. The lowest BCUT2D eigenvalue weighted by atomic mass is 10.1. The van der Waals surface area contributed by atoms with E-state index in [2.05, 4.69) is 11.4 Å². The van der Waals surface area contributed by atoms with E-state index in [1.54, 1.807) is 4.90 Å². The van der Waals surface area contributed by atoms with Crippen molar-refractivity contribution in [1.29, 1.82) is 0 Å². The lowest BCUT2D eigenvalue weighted by molar-refractivity contribution is -0.140. The van der Waals surface area contributed by atoms with Crippen LogP contribution in [0.25, 0.3) is 0 Å². The van der Waals surface area contributed by atoms with Crippen LogP contribution in [0.4, 0.5) is 0 Å². The van der Waals surface area contributed by atoms with Crippen LogP contribution >= 0.6 is 0 Å². The van der Waals surface area contributed by atoms with E-state index >= 15 is 0 Å². The molecule has 1 fully saturated rings. The molecule has 4 heteroatoms. The van der Waals surface area contributed by atoms with E-state index in [1.165, 1.54) is 18.4 Å². The van der Waals surface area contributed by atoms with E-state index in [0.717, 1.165) is 29.5 Å². The van der Waals surface area contributed by atoms with Crippen molar-refractivity contribution in [2.75, 3.05) is 0 Å². The van der Waals surface area contributed by atoms with Crippen LogP contribution in [0.3, 0.4) is 0 Å². The number of amides is 2. The number of hydrogen-bond donors (Lipinski definition) is 1. The summed E-state index contributed by atoms with van der Waals surface area (Å²) in [6.45, 7) is 6.35. The molecule has 0 heterocycles. The maximum absolute atomic E-state index is 13.2. The molecule has 29 heavy (non-hydrogen) atoms. The highest BCUT2D eigenvalue weighted by molar-refractivity contribution is 5.88. The highest BCUT2D eigenvalue weighted by atomic mass is 16.2. The van der Waals surface area contributed by atoms with Crippen LogP contribution in [0.2, 0.25) is 0 Å². The Morgan fingerprint density at radius 2 is 1.69 bits per heavy atom. The molecule has 0 aliphatic heterocycles. The number of nitrogens with zero attached hydrogens (tertiary/aromatic N) is 1. The average Bonchev–Trinajstić information content (AvgIpc) is 3.20. The molecule has 1 aliphatic rings. The van der Waals surface area contributed by atoms with Crippen molar-refractivity contribution in [3.8, 4) is 0 Å². The second-order valence-corrected chi connectivity index (χ2v) is 8.34. The number of rotatable bonds is 7. The van der Waals surface area contributed by atoms with Gasteiger partial charge in [-0.3, -0.25) is 9.59 Å². The maximum Gasteiger partial charge on any atom is 0.242 e. The van der Waals surface area contributed by atoms with Crippen LogP contribution in [-0.4, -0.2) is 28.8 Å². The fraction of sp³-hybridized carbons (Fsp3) is 0.440. The van der Waals surface area contributed by atoms with Crippen LogP contribution in [0.15, 0.2) is 48.5 Å². The zero-order chi connectivity index (χ0) is 20.8. The molecule has 0 unspecified atom stereocenters. The third kappa shape index (κ3) is 5.93. The Hall–Kier alpha value is -2.62. The van der Waals surface area contributed by atoms with Crippen molar-refractivity contribution >= 4 is 11.8 Å². The summed E-state index contributed by atoms with van der Waals surface area (Å²) in [7, 11) is 0. The molecule has 0 bridgehead atoms. The van der Waals surface area contributed by atoms with Gasteiger partial charge in [0.1, 0.15) is 6.04 Å².